The number of halogens is 5. The summed E-state index contributed by atoms with van der Waals surface area (Å²) in [5, 5.41) is 10.1. The second-order valence-corrected chi connectivity index (χ2v) is 9.24. The number of hydrogen-bond donors (Lipinski definition) is 1. The molecular formula is C24H23ClF4N6O4. The Morgan fingerprint density at radius 3 is 2.33 bits per heavy atom. The Balaban J connectivity index is 1.64. The van der Waals surface area contributed by atoms with Crippen LogP contribution in [0.25, 0.3) is 11.5 Å². The number of benzene rings is 1. The van der Waals surface area contributed by atoms with Gasteiger partial charge >= 0.3 is 6.18 Å². The first-order valence-electron chi connectivity index (χ1n) is 11.7. The van der Waals surface area contributed by atoms with E-state index in [2.05, 4.69) is 25.5 Å². The average molecular weight is 571 g/mol. The van der Waals surface area contributed by atoms with E-state index < -0.39 is 41.3 Å². The van der Waals surface area contributed by atoms with E-state index >= 15 is 0 Å². The molecule has 2 aromatic heterocycles. The smallest absolute Gasteiger partial charge is 0.417 e. The number of amides is 2. The van der Waals surface area contributed by atoms with Gasteiger partial charge in [-0.05, 0) is 49.9 Å². The van der Waals surface area contributed by atoms with Crippen LogP contribution in [0.4, 0.5) is 23.2 Å². The fourth-order valence-electron chi connectivity index (χ4n) is 4.55. The highest BCUT2D eigenvalue weighted by Crippen LogP contribution is 2.44. The van der Waals surface area contributed by atoms with Crippen molar-refractivity contribution in [1.29, 1.82) is 0 Å². The molecule has 208 valence electrons. The highest BCUT2D eigenvalue weighted by atomic mass is 35.5. The van der Waals surface area contributed by atoms with Crippen molar-refractivity contribution in [1.82, 2.24) is 25.5 Å². The van der Waals surface area contributed by atoms with Gasteiger partial charge in [0.2, 0.25) is 18.2 Å². The summed E-state index contributed by atoms with van der Waals surface area (Å²) in [5.41, 5.74) is -4.11. The van der Waals surface area contributed by atoms with Crippen molar-refractivity contribution in [3.05, 3.63) is 54.9 Å². The fourth-order valence-corrected chi connectivity index (χ4v) is 4.66. The van der Waals surface area contributed by atoms with Gasteiger partial charge < -0.3 is 14.5 Å². The van der Waals surface area contributed by atoms with Gasteiger partial charge in [-0.2, -0.15) is 13.2 Å². The van der Waals surface area contributed by atoms with Gasteiger partial charge in [-0.15, -0.1) is 10.2 Å². The minimum Gasteiger partial charge on any atom is -0.423 e. The molecule has 2 amide bonds. The van der Waals surface area contributed by atoms with Crippen LogP contribution in [0.3, 0.4) is 0 Å². The Labute approximate surface area is 224 Å². The van der Waals surface area contributed by atoms with Crippen LogP contribution in [-0.4, -0.2) is 62.5 Å². The van der Waals surface area contributed by atoms with Gasteiger partial charge in [-0.25, -0.2) is 14.4 Å². The number of nitrogens with one attached hydrogen (secondary N) is 1. The molecule has 0 saturated heterocycles. The molecule has 2 unspecified atom stereocenters. The van der Waals surface area contributed by atoms with E-state index in [0.29, 0.717) is 5.56 Å². The van der Waals surface area contributed by atoms with E-state index in [-0.39, 0.29) is 42.8 Å². The van der Waals surface area contributed by atoms with Crippen molar-refractivity contribution in [2.75, 3.05) is 12.0 Å². The third-order valence-electron chi connectivity index (χ3n) is 6.63. The summed E-state index contributed by atoms with van der Waals surface area (Å²) in [7, 11) is 1.00. The molecule has 1 aromatic carbocycles. The summed E-state index contributed by atoms with van der Waals surface area (Å²) in [6, 6.07) is 3.73. The predicted molar refractivity (Wildman–Crippen MR) is 129 cm³/mol. The van der Waals surface area contributed by atoms with Crippen molar-refractivity contribution < 1.29 is 36.3 Å². The summed E-state index contributed by atoms with van der Waals surface area (Å²) in [4.78, 5) is 35.3. The Hall–Kier alpha value is -3.65. The quantitative estimate of drug-likeness (QED) is 0.317. The second kappa shape index (κ2) is 11.6. The van der Waals surface area contributed by atoms with E-state index in [1.54, 1.807) is 0 Å². The van der Waals surface area contributed by atoms with Gasteiger partial charge in [-0.1, -0.05) is 11.6 Å². The van der Waals surface area contributed by atoms with E-state index in [4.69, 9.17) is 20.8 Å². The maximum absolute atomic E-state index is 14.2. The molecule has 1 aliphatic rings. The maximum Gasteiger partial charge on any atom is 0.417 e. The fraction of sp³-hybridized carbons (Fsp3) is 0.417. The molecule has 4 rings (SSSR count). The van der Waals surface area contributed by atoms with Gasteiger partial charge in [0.05, 0.1) is 0 Å². The van der Waals surface area contributed by atoms with Crippen molar-refractivity contribution in [3.63, 3.8) is 0 Å². The molecule has 2 atom stereocenters. The van der Waals surface area contributed by atoms with Crippen LogP contribution in [0.5, 0.6) is 0 Å². The number of ether oxygens (including phenoxy) is 1. The zero-order chi connectivity index (χ0) is 28.2. The van der Waals surface area contributed by atoms with E-state index in [1.807, 2.05) is 0 Å². The van der Waals surface area contributed by atoms with Crippen molar-refractivity contribution in [2.24, 2.45) is 0 Å². The maximum atomic E-state index is 14.2. The normalized spacial score (nSPS) is 21.1. The molecule has 0 spiro atoms. The molecule has 0 aliphatic heterocycles. The number of rotatable bonds is 8. The number of aromatic nitrogens is 4. The Morgan fingerprint density at radius 1 is 1.18 bits per heavy atom. The molecule has 1 aliphatic carbocycles. The van der Waals surface area contributed by atoms with Crippen molar-refractivity contribution in [3.8, 4) is 11.5 Å². The molecule has 1 fully saturated rings. The van der Waals surface area contributed by atoms with Gasteiger partial charge in [0.25, 0.3) is 11.5 Å². The van der Waals surface area contributed by atoms with Crippen LogP contribution in [0, 0.1) is 0 Å². The number of carbonyl (C=O) groups is 2. The van der Waals surface area contributed by atoms with Crippen LogP contribution in [0.1, 0.15) is 37.3 Å². The summed E-state index contributed by atoms with van der Waals surface area (Å²) in [6.07, 6.45) is -0.516. The van der Waals surface area contributed by atoms with Crippen molar-refractivity contribution >= 4 is 29.1 Å². The van der Waals surface area contributed by atoms with Gasteiger partial charge in [-0.3, -0.25) is 14.5 Å². The lowest BCUT2D eigenvalue weighted by Gasteiger charge is -2.41. The van der Waals surface area contributed by atoms with Crippen LogP contribution < -0.4 is 10.2 Å². The number of anilines is 1. The predicted octanol–water partition coefficient (Wildman–Crippen LogP) is 4.14. The second-order valence-electron chi connectivity index (χ2n) is 8.85. The number of hydrogen-bond acceptors (Lipinski definition) is 8. The molecular weight excluding hydrogens is 548 g/mol. The van der Waals surface area contributed by atoms with Crippen molar-refractivity contribution in [2.45, 2.75) is 55.2 Å². The number of carbonyl (C=O) groups excluding carboxylic acids is 2. The third kappa shape index (κ3) is 6.01. The summed E-state index contributed by atoms with van der Waals surface area (Å²) >= 11 is 5.53. The van der Waals surface area contributed by atoms with Crippen LogP contribution in [-0.2, 0) is 14.3 Å². The molecule has 0 radical (unpaired) electrons. The van der Waals surface area contributed by atoms with Gasteiger partial charge in [0.15, 0.2) is 5.60 Å². The van der Waals surface area contributed by atoms with Gasteiger partial charge in [0, 0.05) is 42.4 Å². The molecule has 10 nitrogen and oxygen atoms in total. The molecule has 3 aromatic rings. The monoisotopic (exact) mass is 570 g/mol. The molecule has 39 heavy (non-hydrogen) atoms. The lowest BCUT2D eigenvalue weighted by Crippen LogP contribution is -2.54. The summed E-state index contributed by atoms with van der Waals surface area (Å²) in [5.74, 6) is -1.84. The number of nitrogens with zero attached hydrogens (tertiary/aromatic N) is 5. The lowest BCUT2D eigenvalue weighted by atomic mass is 9.81. The molecule has 1 N–H and O–H groups in total. The first-order chi connectivity index (χ1) is 18.6. The first-order valence-corrected chi connectivity index (χ1v) is 12.1. The minimum atomic E-state index is -4.58. The highest BCUT2D eigenvalue weighted by Gasteiger charge is 2.56. The molecule has 1 saturated carbocycles. The highest BCUT2D eigenvalue weighted by molar-refractivity contribution is 6.32. The summed E-state index contributed by atoms with van der Waals surface area (Å²) in [6.45, 7) is 0. The van der Waals surface area contributed by atoms with E-state index in [9.17, 15) is 27.2 Å². The molecule has 0 bridgehead atoms. The number of methoxy groups -OCH3 is 1. The Kier molecular flexibility index (Phi) is 8.45. The topological polar surface area (TPSA) is 123 Å². The average Bonchev–Trinajstić information content (AvgIpc) is 3.47. The number of alkyl halides is 5. The molecule has 15 heteroatoms. The molecule has 2 heterocycles. The minimum absolute atomic E-state index is 0.0365. The Morgan fingerprint density at radius 2 is 1.82 bits per heavy atom. The van der Waals surface area contributed by atoms with Crippen LogP contribution >= 0.6 is 11.6 Å². The largest absolute Gasteiger partial charge is 0.423 e. The SMILES string of the molecule is COC1(C(F)(F)F)CCC(NC(=O)C(c2cncnc2)N(C(=O)C(F)Cl)c2ccc(-c3nnco3)cc2)CC1. The summed E-state index contributed by atoms with van der Waals surface area (Å²) < 4.78 is 64.9. The van der Waals surface area contributed by atoms with Crippen LogP contribution in [0.2, 0.25) is 0 Å². The van der Waals surface area contributed by atoms with E-state index in [1.165, 1.54) is 43.0 Å². The van der Waals surface area contributed by atoms with E-state index in [0.717, 1.165) is 18.4 Å². The lowest BCUT2D eigenvalue weighted by molar-refractivity contribution is -0.280. The first kappa shape index (κ1) is 28.4. The van der Waals surface area contributed by atoms with Gasteiger partial charge in [0.1, 0.15) is 12.4 Å². The third-order valence-corrected chi connectivity index (χ3v) is 6.81. The van der Waals surface area contributed by atoms with Crippen LogP contribution in [0.15, 0.2) is 53.8 Å². The zero-order valence-corrected chi connectivity index (χ0v) is 21.2. The standard InChI is InChI=1S/C24H23ClF4N6O4/c1-38-23(24(27,28)29)8-6-16(7-9-23)33-20(36)18(15-10-30-12-31-11-15)35(22(37)19(25)26)17-4-2-14(3-5-17)21-34-32-13-39-21/h2-5,10-13,16,18-19H,6-9H2,1H3,(H,33,36). The Bertz CT molecular complexity index is 1250. The zero-order valence-electron chi connectivity index (χ0n) is 20.4.